The molecule has 0 N–H and O–H groups in total. The molecule has 0 radical (unpaired) electrons. The van der Waals surface area contributed by atoms with Crippen LogP contribution in [0.15, 0.2) is 191 Å². The monoisotopic (exact) mass is 730 g/mol. The Morgan fingerprint density at radius 3 is 1.82 bits per heavy atom. The Bertz CT molecular complexity index is 3530. The molecule has 0 amide bonds. The standard InChI is InChI=1S/C51H30N4O2/c1-3-14-31(15-4-1)34-20-11-22-38-36-29-28-33(30-45(36)57-48(34)38)55-42-25-9-7-18-35(42)37-21-12-24-41(47(37)55)51-53-49(32-16-5-2-6-17-32)52-50(54-51)40-23-13-27-44-46(40)39-19-8-10-26-43(39)56-44/h1-30H. The predicted octanol–water partition coefficient (Wildman–Crippen LogP) is 13.4. The van der Waals surface area contributed by atoms with Crippen LogP contribution in [-0.4, -0.2) is 19.5 Å². The zero-order valence-corrected chi connectivity index (χ0v) is 30.4. The van der Waals surface area contributed by atoms with Gasteiger partial charge in [0, 0.05) is 66.3 Å². The molecule has 6 heteroatoms. The summed E-state index contributed by atoms with van der Waals surface area (Å²) < 4.78 is 15.4. The quantitative estimate of drug-likeness (QED) is 0.176. The van der Waals surface area contributed by atoms with Crippen molar-refractivity contribution in [3.63, 3.8) is 0 Å². The van der Waals surface area contributed by atoms with Gasteiger partial charge in [-0.2, -0.15) is 0 Å². The molecule has 0 aliphatic carbocycles. The van der Waals surface area contributed by atoms with Crippen molar-refractivity contribution in [2.45, 2.75) is 0 Å². The molecule has 0 bridgehead atoms. The van der Waals surface area contributed by atoms with Gasteiger partial charge in [-0.15, -0.1) is 0 Å². The van der Waals surface area contributed by atoms with E-state index in [0.717, 1.165) is 99.2 Å². The topological polar surface area (TPSA) is 69.9 Å². The Morgan fingerprint density at radius 2 is 0.982 bits per heavy atom. The Morgan fingerprint density at radius 1 is 0.368 bits per heavy atom. The van der Waals surface area contributed by atoms with Crippen LogP contribution >= 0.6 is 0 Å². The molecule has 0 saturated heterocycles. The van der Waals surface area contributed by atoms with E-state index < -0.39 is 0 Å². The molecular weight excluding hydrogens is 701 g/mol. The highest BCUT2D eigenvalue weighted by Gasteiger charge is 2.22. The highest BCUT2D eigenvalue weighted by atomic mass is 16.3. The van der Waals surface area contributed by atoms with Crippen LogP contribution in [0.1, 0.15) is 0 Å². The smallest absolute Gasteiger partial charge is 0.166 e. The Hall–Kier alpha value is -7.83. The largest absolute Gasteiger partial charge is 0.456 e. The maximum atomic E-state index is 6.75. The molecule has 12 aromatic rings. The van der Waals surface area contributed by atoms with Gasteiger partial charge in [0.15, 0.2) is 17.5 Å². The van der Waals surface area contributed by atoms with Crippen molar-refractivity contribution in [3.05, 3.63) is 182 Å². The summed E-state index contributed by atoms with van der Waals surface area (Å²) in [5, 5.41) is 6.40. The minimum atomic E-state index is 0.577. The van der Waals surface area contributed by atoms with E-state index in [1.165, 1.54) is 0 Å². The zero-order chi connectivity index (χ0) is 37.5. The van der Waals surface area contributed by atoms with Crippen molar-refractivity contribution in [2.24, 2.45) is 0 Å². The highest BCUT2D eigenvalue weighted by Crippen LogP contribution is 2.42. The van der Waals surface area contributed by atoms with Crippen molar-refractivity contribution < 1.29 is 8.83 Å². The molecular formula is C51H30N4O2. The molecule has 12 rings (SSSR count). The molecule has 0 atom stereocenters. The number of aromatic nitrogens is 4. The second kappa shape index (κ2) is 12.3. The van der Waals surface area contributed by atoms with E-state index in [0.29, 0.717) is 17.5 Å². The fourth-order valence-corrected chi connectivity index (χ4v) is 8.53. The number of fused-ring (bicyclic) bond motifs is 9. The second-order valence-electron chi connectivity index (χ2n) is 14.3. The van der Waals surface area contributed by atoms with Crippen LogP contribution in [0.4, 0.5) is 0 Å². The van der Waals surface area contributed by atoms with Gasteiger partial charge in [-0.3, -0.25) is 0 Å². The summed E-state index contributed by atoms with van der Waals surface area (Å²) in [4.78, 5) is 15.7. The first kappa shape index (κ1) is 31.5. The van der Waals surface area contributed by atoms with E-state index in [1.807, 2.05) is 66.7 Å². The number of benzene rings is 8. The zero-order valence-electron chi connectivity index (χ0n) is 30.4. The lowest BCUT2D eigenvalue weighted by Gasteiger charge is -2.13. The van der Waals surface area contributed by atoms with Crippen molar-refractivity contribution in [1.82, 2.24) is 19.5 Å². The normalized spacial score (nSPS) is 11.9. The van der Waals surface area contributed by atoms with Crippen LogP contribution < -0.4 is 0 Å². The van der Waals surface area contributed by atoms with Gasteiger partial charge in [0.2, 0.25) is 0 Å². The van der Waals surface area contributed by atoms with Crippen molar-refractivity contribution in [2.75, 3.05) is 0 Å². The molecule has 8 aromatic carbocycles. The number of hydrogen-bond acceptors (Lipinski definition) is 5. The summed E-state index contributed by atoms with van der Waals surface area (Å²) in [6, 6.07) is 62.6. The molecule has 0 saturated carbocycles. The van der Waals surface area contributed by atoms with E-state index in [2.05, 4.69) is 120 Å². The number of furan rings is 2. The molecule has 57 heavy (non-hydrogen) atoms. The van der Waals surface area contributed by atoms with E-state index in [9.17, 15) is 0 Å². The SMILES string of the molecule is c1ccc(-c2nc(-c3cccc4oc5ccccc5c34)nc(-c3cccc4c5ccccc5n(-c5ccc6c(c5)oc5c(-c7ccccc7)cccc56)c34)n2)cc1. The lowest BCUT2D eigenvalue weighted by atomic mass is 10.0. The lowest BCUT2D eigenvalue weighted by Crippen LogP contribution is -2.02. The van der Waals surface area contributed by atoms with Crippen molar-refractivity contribution >= 4 is 65.7 Å². The number of para-hydroxylation sites is 4. The van der Waals surface area contributed by atoms with E-state index >= 15 is 0 Å². The summed E-state index contributed by atoms with van der Waals surface area (Å²) in [5.41, 5.74) is 11.3. The maximum absolute atomic E-state index is 6.75. The van der Waals surface area contributed by atoms with Gasteiger partial charge in [0.1, 0.15) is 22.3 Å². The predicted molar refractivity (Wildman–Crippen MR) is 230 cm³/mol. The van der Waals surface area contributed by atoms with Crippen LogP contribution in [-0.2, 0) is 0 Å². The van der Waals surface area contributed by atoms with E-state index in [-0.39, 0.29) is 0 Å². The fourth-order valence-electron chi connectivity index (χ4n) is 8.53. The first-order chi connectivity index (χ1) is 28.3. The molecule has 266 valence electrons. The Kier molecular flexibility index (Phi) is 6.83. The van der Waals surface area contributed by atoms with Crippen LogP contribution in [0.25, 0.3) is 117 Å². The van der Waals surface area contributed by atoms with Crippen LogP contribution in [0.2, 0.25) is 0 Å². The Balaban J connectivity index is 1.12. The van der Waals surface area contributed by atoms with Gasteiger partial charge in [0.25, 0.3) is 0 Å². The van der Waals surface area contributed by atoms with Gasteiger partial charge >= 0.3 is 0 Å². The summed E-state index contributed by atoms with van der Waals surface area (Å²) >= 11 is 0. The van der Waals surface area contributed by atoms with E-state index in [4.69, 9.17) is 23.8 Å². The summed E-state index contributed by atoms with van der Waals surface area (Å²) in [6.45, 7) is 0. The third-order valence-corrected chi connectivity index (χ3v) is 11.1. The molecule has 0 unspecified atom stereocenters. The molecule has 0 spiro atoms. The minimum absolute atomic E-state index is 0.577. The van der Waals surface area contributed by atoms with Crippen molar-refractivity contribution in [3.8, 4) is 51.0 Å². The third kappa shape index (κ3) is 4.87. The number of hydrogen-bond donors (Lipinski definition) is 0. The summed E-state index contributed by atoms with van der Waals surface area (Å²) in [5.74, 6) is 1.75. The highest BCUT2D eigenvalue weighted by molar-refractivity contribution is 6.15. The molecule has 0 fully saturated rings. The minimum Gasteiger partial charge on any atom is -0.456 e. The number of rotatable bonds is 5. The molecule has 0 aliphatic heterocycles. The van der Waals surface area contributed by atoms with Crippen LogP contribution in [0.3, 0.4) is 0 Å². The summed E-state index contributed by atoms with van der Waals surface area (Å²) in [7, 11) is 0. The second-order valence-corrected chi connectivity index (χ2v) is 14.3. The van der Waals surface area contributed by atoms with Crippen molar-refractivity contribution in [1.29, 1.82) is 0 Å². The number of nitrogens with zero attached hydrogens (tertiary/aromatic N) is 4. The summed E-state index contributed by atoms with van der Waals surface area (Å²) in [6.07, 6.45) is 0. The first-order valence-corrected chi connectivity index (χ1v) is 19.0. The molecule has 6 nitrogen and oxygen atoms in total. The van der Waals surface area contributed by atoms with Gasteiger partial charge in [0.05, 0.1) is 11.0 Å². The van der Waals surface area contributed by atoms with Crippen LogP contribution in [0.5, 0.6) is 0 Å². The maximum Gasteiger partial charge on any atom is 0.166 e. The van der Waals surface area contributed by atoms with Gasteiger partial charge < -0.3 is 13.4 Å². The van der Waals surface area contributed by atoms with Crippen LogP contribution in [0, 0.1) is 0 Å². The molecule has 0 aliphatic rings. The average Bonchev–Trinajstić information content (AvgIpc) is 3.96. The third-order valence-electron chi connectivity index (χ3n) is 11.1. The van der Waals surface area contributed by atoms with E-state index in [1.54, 1.807) is 0 Å². The average molecular weight is 731 g/mol. The molecule has 4 heterocycles. The first-order valence-electron chi connectivity index (χ1n) is 19.0. The van der Waals surface area contributed by atoms with Gasteiger partial charge in [-0.1, -0.05) is 140 Å². The Labute approximate surface area is 325 Å². The lowest BCUT2D eigenvalue weighted by molar-refractivity contribution is 0.669. The van der Waals surface area contributed by atoms with Gasteiger partial charge in [-0.05, 0) is 42.0 Å². The fraction of sp³-hybridized carbons (Fsp3) is 0. The molecule has 4 aromatic heterocycles. The van der Waals surface area contributed by atoms with Gasteiger partial charge in [-0.25, -0.2) is 15.0 Å².